The maximum atomic E-state index is 5.24. The van der Waals surface area contributed by atoms with E-state index in [1.807, 2.05) is 0 Å². The zero-order valence-corrected chi connectivity index (χ0v) is 6.99. The quantitative estimate of drug-likeness (QED) is 0.325. The van der Waals surface area contributed by atoms with Gasteiger partial charge in [-0.05, 0) is 12.8 Å². The van der Waals surface area contributed by atoms with Crippen molar-refractivity contribution in [2.45, 2.75) is 19.3 Å². The molecule has 1 aliphatic heterocycles. The minimum absolute atomic E-state index is 0.00710. The molecule has 1 aliphatic rings. The van der Waals surface area contributed by atoms with Crippen molar-refractivity contribution in [3.05, 3.63) is 0 Å². The Morgan fingerprint density at radius 2 is 2.08 bits per heavy atom. The molecule has 0 atom stereocenters. The molecular formula is C7H14N4O. The number of rotatable bonds is 1. The van der Waals surface area contributed by atoms with E-state index in [2.05, 4.69) is 10.2 Å². The average Bonchev–Trinajstić information content (AvgIpc) is 2.28. The van der Waals surface area contributed by atoms with Crippen molar-refractivity contribution < 1.29 is 4.74 Å². The summed E-state index contributed by atoms with van der Waals surface area (Å²) in [6.07, 6.45) is 2.76. The summed E-state index contributed by atoms with van der Waals surface area (Å²) in [5, 5.41) is 7.51. The van der Waals surface area contributed by atoms with Gasteiger partial charge in [0.1, 0.15) is 0 Å². The van der Waals surface area contributed by atoms with E-state index in [0.717, 1.165) is 38.2 Å². The first-order valence-corrected chi connectivity index (χ1v) is 4.01. The highest BCUT2D eigenvalue weighted by atomic mass is 16.5. The molecular weight excluding hydrogens is 156 g/mol. The van der Waals surface area contributed by atoms with Crippen LogP contribution in [0, 0.1) is 0 Å². The predicted octanol–water partition coefficient (Wildman–Crippen LogP) is -0.184. The Bertz CT molecular complexity index is 186. The van der Waals surface area contributed by atoms with Crippen LogP contribution in [0.5, 0.6) is 0 Å². The maximum absolute atomic E-state index is 5.24. The van der Waals surface area contributed by atoms with Crippen LogP contribution >= 0.6 is 0 Å². The highest BCUT2D eigenvalue weighted by molar-refractivity contribution is 5.85. The molecule has 0 aromatic heterocycles. The fraction of sp³-hybridized carbons (Fsp3) is 0.714. The number of hydrogen-bond acceptors (Lipinski definition) is 3. The van der Waals surface area contributed by atoms with Gasteiger partial charge in [0.05, 0.1) is 6.61 Å². The van der Waals surface area contributed by atoms with Crippen LogP contribution in [0.25, 0.3) is 0 Å². The Kier molecular flexibility index (Phi) is 3.53. The Morgan fingerprint density at radius 3 is 2.83 bits per heavy atom. The second kappa shape index (κ2) is 4.71. The van der Waals surface area contributed by atoms with Crippen molar-refractivity contribution in [2.24, 2.45) is 21.7 Å². The van der Waals surface area contributed by atoms with Gasteiger partial charge in [-0.3, -0.25) is 0 Å². The molecule has 5 heteroatoms. The van der Waals surface area contributed by atoms with Gasteiger partial charge < -0.3 is 16.2 Å². The van der Waals surface area contributed by atoms with E-state index in [1.54, 1.807) is 0 Å². The summed E-state index contributed by atoms with van der Waals surface area (Å²) >= 11 is 0. The van der Waals surface area contributed by atoms with Gasteiger partial charge in [0.15, 0.2) is 0 Å². The molecule has 0 aliphatic carbocycles. The normalized spacial score (nSPS) is 21.8. The number of nitrogens with zero attached hydrogens (tertiary/aromatic N) is 2. The molecule has 1 fully saturated rings. The van der Waals surface area contributed by atoms with Crippen molar-refractivity contribution >= 4 is 11.7 Å². The van der Waals surface area contributed by atoms with Crippen LogP contribution in [0.15, 0.2) is 10.2 Å². The minimum Gasteiger partial charge on any atom is -0.381 e. The fourth-order valence-electron chi connectivity index (χ4n) is 1.02. The van der Waals surface area contributed by atoms with Crippen molar-refractivity contribution in [3.8, 4) is 0 Å². The molecule has 0 amide bonds. The summed E-state index contributed by atoms with van der Waals surface area (Å²) < 4.78 is 5.24. The van der Waals surface area contributed by atoms with Gasteiger partial charge >= 0.3 is 0 Å². The minimum atomic E-state index is 0.00710. The van der Waals surface area contributed by atoms with Crippen LogP contribution < -0.4 is 11.5 Å². The molecule has 0 aromatic carbocycles. The molecule has 0 unspecified atom stereocenters. The lowest BCUT2D eigenvalue weighted by Gasteiger charge is -1.95. The van der Waals surface area contributed by atoms with E-state index in [0.29, 0.717) is 0 Å². The summed E-state index contributed by atoms with van der Waals surface area (Å²) in [6.45, 7) is 1.53. The predicted molar refractivity (Wildman–Crippen MR) is 47.9 cm³/mol. The standard InChI is InChI=1S/C7H14N4O/c8-7(9)11-10-6-2-1-4-12-5-3-6/h1-5H2,(H4,8,9,11). The Hall–Kier alpha value is -1.10. The second-order valence-electron chi connectivity index (χ2n) is 2.66. The molecule has 0 radical (unpaired) electrons. The van der Waals surface area contributed by atoms with Gasteiger partial charge in [0.2, 0.25) is 5.96 Å². The topological polar surface area (TPSA) is 86.0 Å². The largest absolute Gasteiger partial charge is 0.381 e. The fourth-order valence-corrected chi connectivity index (χ4v) is 1.02. The summed E-state index contributed by atoms with van der Waals surface area (Å²) in [5.41, 5.74) is 11.3. The molecule has 1 heterocycles. The van der Waals surface area contributed by atoms with E-state index in [-0.39, 0.29) is 5.96 Å². The summed E-state index contributed by atoms with van der Waals surface area (Å²) in [7, 11) is 0. The highest BCUT2D eigenvalue weighted by Gasteiger charge is 2.04. The van der Waals surface area contributed by atoms with Crippen molar-refractivity contribution in [2.75, 3.05) is 13.2 Å². The van der Waals surface area contributed by atoms with Crippen molar-refractivity contribution in [1.82, 2.24) is 0 Å². The SMILES string of the molecule is NC(N)=NN=C1CCCOCC1. The van der Waals surface area contributed by atoms with Gasteiger partial charge in [0, 0.05) is 18.7 Å². The van der Waals surface area contributed by atoms with E-state index in [4.69, 9.17) is 16.2 Å². The molecule has 5 nitrogen and oxygen atoms in total. The molecule has 1 rings (SSSR count). The Labute approximate surface area is 71.5 Å². The van der Waals surface area contributed by atoms with Crippen LogP contribution in [0.1, 0.15) is 19.3 Å². The van der Waals surface area contributed by atoms with Crippen LogP contribution in [0.4, 0.5) is 0 Å². The van der Waals surface area contributed by atoms with Gasteiger partial charge in [-0.25, -0.2) is 0 Å². The molecule has 68 valence electrons. The third-order valence-corrected chi connectivity index (χ3v) is 1.60. The molecule has 0 saturated carbocycles. The third kappa shape index (κ3) is 3.34. The first kappa shape index (κ1) is 8.99. The molecule has 0 bridgehead atoms. The highest BCUT2D eigenvalue weighted by Crippen LogP contribution is 2.04. The van der Waals surface area contributed by atoms with E-state index >= 15 is 0 Å². The first-order valence-electron chi connectivity index (χ1n) is 4.01. The third-order valence-electron chi connectivity index (χ3n) is 1.60. The van der Waals surface area contributed by atoms with Crippen LogP contribution in [-0.2, 0) is 4.74 Å². The number of ether oxygens (including phenoxy) is 1. The average molecular weight is 170 g/mol. The summed E-state index contributed by atoms with van der Waals surface area (Å²) in [4.78, 5) is 0. The van der Waals surface area contributed by atoms with E-state index < -0.39 is 0 Å². The monoisotopic (exact) mass is 170 g/mol. The zero-order valence-electron chi connectivity index (χ0n) is 6.99. The molecule has 0 aromatic rings. The van der Waals surface area contributed by atoms with Gasteiger partial charge in [-0.15, -0.1) is 5.10 Å². The molecule has 1 saturated heterocycles. The number of guanidine groups is 1. The molecule has 4 N–H and O–H groups in total. The van der Waals surface area contributed by atoms with Crippen LogP contribution in [-0.4, -0.2) is 24.9 Å². The van der Waals surface area contributed by atoms with Crippen LogP contribution in [0.3, 0.4) is 0 Å². The summed E-state index contributed by atoms with van der Waals surface area (Å²) in [6, 6.07) is 0. The lowest BCUT2D eigenvalue weighted by Crippen LogP contribution is -2.22. The zero-order chi connectivity index (χ0) is 8.81. The first-order chi connectivity index (χ1) is 5.79. The Balaban J connectivity index is 2.48. The van der Waals surface area contributed by atoms with Crippen molar-refractivity contribution in [1.29, 1.82) is 0 Å². The van der Waals surface area contributed by atoms with Crippen molar-refractivity contribution in [3.63, 3.8) is 0 Å². The second-order valence-corrected chi connectivity index (χ2v) is 2.66. The number of nitrogens with two attached hydrogens (primary N) is 2. The maximum Gasteiger partial charge on any atom is 0.211 e. The smallest absolute Gasteiger partial charge is 0.211 e. The number of hydrogen-bond donors (Lipinski definition) is 2. The van der Waals surface area contributed by atoms with E-state index in [1.165, 1.54) is 0 Å². The Morgan fingerprint density at radius 1 is 1.25 bits per heavy atom. The van der Waals surface area contributed by atoms with Gasteiger partial charge in [-0.2, -0.15) is 5.10 Å². The van der Waals surface area contributed by atoms with Gasteiger partial charge in [-0.1, -0.05) is 0 Å². The lowest BCUT2D eigenvalue weighted by atomic mass is 10.2. The lowest BCUT2D eigenvalue weighted by molar-refractivity contribution is 0.147. The molecule has 0 spiro atoms. The van der Waals surface area contributed by atoms with E-state index in [9.17, 15) is 0 Å². The van der Waals surface area contributed by atoms with Gasteiger partial charge in [0.25, 0.3) is 0 Å². The van der Waals surface area contributed by atoms with Crippen LogP contribution in [0.2, 0.25) is 0 Å². The summed E-state index contributed by atoms with van der Waals surface area (Å²) in [5.74, 6) is 0.00710. The molecule has 12 heavy (non-hydrogen) atoms.